The third-order valence-electron chi connectivity index (χ3n) is 6.21. The quantitative estimate of drug-likeness (QED) is 0.273. The summed E-state index contributed by atoms with van der Waals surface area (Å²) in [5.41, 5.74) is 2.97. The van der Waals surface area contributed by atoms with Gasteiger partial charge in [0.15, 0.2) is 5.82 Å². The molecule has 10 heteroatoms. The lowest BCUT2D eigenvalue weighted by atomic mass is 10.1. The highest BCUT2D eigenvalue weighted by atomic mass is 35.5. The molecule has 2 aromatic heterocycles. The van der Waals surface area contributed by atoms with Crippen molar-refractivity contribution in [2.75, 3.05) is 44.6 Å². The Balaban J connectivity index is 1.57. The van der Waals surface area contributed by atoms with Gasteiger partial charge in [-0.1, -0.05) is 53.5 Å². The minimum atomic E-state index is 0.182. The van der Waals surface area contributed by atoms with Crippen LogP contribution in [0.25, 0.3) is 22.2 Å². The molecule has 1 atom stereocenters. The second-order valence-corrected chi connectivity index (χ2v) is 9.39. The number of nitrogens with one attached hydrogen (secondary N) is 2. The van der Waals surface area contributed by atoms with Crippen LogP contribution in [0.5, 0.6) is 11.5 Å². The molecule has 2 N–H and O–H groups in total. The van der Waals surface area contributed by atoms with Gasteiger partial charge in [0, 0.05) is 36.4 Å². The van der Waals surface area contributed by atoms with Gasteiger partial charge >= 0.3 is 0 Å². The van der Waals surface area contributed by atoms with Gasteiger partial charge < -0.3 is 24.8 Å². The number of benzene rings is 2. The summed E-state index contributed by atoms with van der Waals surface area (Å²) in [6.07, 6.45) is 3.50. The molecule has 192 valence electrons. The molecule has 1 saturated heterocycles. The average molecular weight is 540 g/mol. The van der Waals surface area contributed by atoms with Crippen LogP contribution in [0.4, 0.5) is 11.8 Å². The van der Waals surface area contributed by atoms with Crippen LogP contribution in [-0.4, -0.2) is 55.0 Å². The zero-order valence-electron chi connectivity index (χ0n) is 20.6. The SMILES string of the molecule is COc1cc(OC)c(Cl)c(-c2cc3cnc(NC4CCOC4)nc3c(NCCc3ccccc3)n2)c1Cl. The molecule has 8 nitrogen and oxygen atoms in total. The second kappa shape index (κ2) is 11.4. The van der Waals surface area contributed by atoms with Crippen LogP contribution < -0.4 is 20.1 Å². The standard InChI is InChI=1S/C27H27Cl2N5O3/c1-35-20-13-21(36-2)24(29)22(23(20)28)19-12-17-14-31-27(32-18-9-11-37-15-18)34-25(17)26(33-19)30-10-8-16-6-4-3-5-7-16/h3-7,12-14,18H,8-11,15H2,1-2H3,(H,30,33)(H,31,32,34). The van der Waals surface area contributed by atoms with Gasteiger partial charge in [-0.25, -0.2) is 15.0 Å². The van der Waals surface area contributed by atoms with Crippen LogP contribution in [-0.2, 0) is 11.2 Å². The van der Waals surface area contributed by atoms with Gasteiger partial charge in [0.25, 0.3) is 0 Å². The Kier molecular flexibility index (Phi) is 7.79. The van der Waals surface area contributed by atoms with Gasteiger partial charge in [-0.2, -0.15) is 0 Å². The molecule has 37 heavy (non-hydrogen) atoms. The molecule has 0 saturated carbocycles. The zero-order chi connectivity index (χ0) is 25.8. The molecule has 0 amide bonds. The Morgan fingerprint density at radius 3 is 2.46 bits per heavy atom. The van der Waals surface area contributed by atoms with Crippen molar-refractivity contribution in [3.8, 4) is 22.8 Å². The molecule has 1 fully saturated rings. The minimum Gasteiger partial charge on any atom is -0.495 e. The van der Waals surface area contributed by atoms with Gasteiger partial charge in [0.1, 0.15) is 17.0 Å². The highest BCUT2D eigenvalue weighted by Gasteiger charge is 2.22. The fourth-order valence-corrected chi connectivity index (χ4v) is 4.97. The maximum atomic E-state index is 6.71. The highest BCUT2D eigenvalue weighted by Crippen LogP contribution is 2.46. The lowest BCUT2D eigenvalue weighted by molar-refractivity contribution is 0.195. The van der Waals surface area contributed by atoms with E-state index in [1.807, 2.05) is 24.3 Å². The molecule has 2 aromatic carbocycles. The van der Waals surface area contributed by atoms with Crippen LogP contribution in [0.3, 0.4) is 0 Å². The summed E-state index contributed by atoms with van der Waals surface area (Å²) in [7, 11) is 3.08. The number of aromatic nitrogens is 3. The highest BCUT2D eigenvalue weighted by molar-refractivity contribution is 6.41. The Morgan fingerprint density at radius 2 is 1.78 bits per heavy atom. The fraction of sp³-hybridized carbons (Fsp3) is 0.296. The van der Waals surface area contributed by atoms with Crippen molar-refractivity contribution >= 4 is 45.9 Å². The molecule has 0 bridgehead atoms. The predicted octanol–water partition coefficient (Wildman–Crippen LogP) is 5.87. The van der Waals surface area contributed by atoms with E-state index in [1.54, 1.807) is 26.5 Å². The maximum absolute atomic E-state index is 6.71. The van der Waals surface area contributed by atoms with E-state index in [4.69, 9.17) is 47.4 Å². The van der Waals surface area contributed by atoms with Crippen LogP contribution >= 0.6 is 23.2 Å². The number of methoxy groups -OCH3 is 2. The lowest BCUT2D eigenvalue weighted by Gasteiger charge is -2.17. The Morgan fingerprint density at radius 1 is 1.03 bits per heavy atom. The molecule has 0 spiro atoms. The molecule has 1 unspecified atom stereocenters. The number of fused-ring (bicyclic) bond motifs is 1. The van der Waals surface area contributed by atoms with E-state index < -0.39 is 0 Å². The molecule has 0 aliphatic carbocycles. The van der Waals surface area contributed by atoms with E-state index in [0.717, 1.165) is 24.8 Å². The van der Waals surface area contributed by atoms with Crippen LogP contribution in [0.1, 0.15) is 12.0 Å². The molecular formula is C27H27Cl2N5O3. The van der Waals surface area contributed by atoms with E-state index in [9.17, 15) is 0 Å². The summed E-state index contributed by atoms with van der Waals surface area (Å²) >= 11 is 13.4. The second-order valence-electron chi connectivity index (χ2n) is 8.64. The first-order valence-electron chi connectivity index (χ1n) is 12.0. The van der Waals surface area contributed by atoms with Crippen molar-refractivity contribution in [3.63, 3.8) is 0 Å². The molecule has 5 rings (SSSR count). The predicted molar refractivity (Wildman–Crippen MR) is 147 cm³/mol. The smallest absolute Gasteiger partial charge is 0.223 e. The number of halogens is 2. The average Bonchev–Trinajstić information content (AvgIpc) is 3.43. The Hall–Kier alpha value is -3.33. The molecule has 4 aromatic rings. The van der Waals surface area contributed by atoms with E-state index in [1.165, 1.54) is 5.56 Å². The van der Waals surface area contributed by atoms with Crippen LogP contribution in [0.15, 0.2) is 48.7 Å². The van der Waals surface area contributed by atoms with E-state index >= 15 is 0 Å². The summed E-state index contributed by atoms with van der Waals surface area (Å²) in [5.74, 6) is 2.01. The summed E-state index contributed by atoms with van der Waals surface area (Å²) in [5, 5.41) is 8.29. The first kappa shape index (κ1) is 25.3. The summed E-state index contributed by atoms with van der Waals surface area (Å²) < 4.78 is 16.4. The number of hydrogen-bond donors (Lipinski definition) is 2. The largest absolute Gasteiger partial charge is 0.495 e. The van der Waals surface area contributed by atoms with Crippen molar-refractivity contribution in [1.82, 2.24) is 15.0 Å². The van der Waals surface area contributed by atoms with E-state index in [2.05, 4.69) is 27.8 Å². The minimum absolute atomic E-state index is 0.182. The topological polar surface area (TPSA) is 90.4 Å². The van der Waals surface area contributed by atoms with Crippen molar-refractivity contribution in [3.05, 3.63) is 64.3 Å². The number of anilines is 2. The van der Waals surface area contributed by atoms with E-state index in [0.29, 0.717) is 63.2 Å². The lowest BCUT2D eigenvalue weighted by Crippen LogP contribution is -2.20. The van der Waals surface area contributed by atoms with Gasteiger partial charge in [-0.15, -0.1) is 0 Å². The number of pyridine rings is 1. The third kappa shape index (κ3) is 5.51. The number of hydrogen-bond acceptors (Lipinski definition) is 8. The zero-order valence-corrected chi connectivity index (χ0v) is 22.1. The van der Waals surface area contributed by atoms with Crippen molar-refractivity contribution in [1.29, 1.82) is 0 Å². The Bertz CT molecular complexity index is 1370. The summed E-state index contributed by atoms with van der Waals surface area (Å²) in [4.78, 5) is 14.2. The van der Waals surface area contributed by atoms with Crippen LogP contribution in [0, 0.1) is 0 Å². The molecule has 1 aliphatic rings. The summed E-state index contributed by atoms with van der Waals surface area (Å²) in [6, 6.07) is 14.0. The van der Waals surface area contributed by atoms with Crippen molar-refractivity contribution < 1.29 is 14.2 Å². The first-order chi connectivity index (χ1) is 18.1. The first-order valence-corrected chi connectivity index (χ1v) is 12.7. The summed E-state index contributed by atoms with van der Waals surface area (Å²) in [6.45, 7) is 2.02. The van der Waals surface area contributed by atoms with Gasteiger partial charge in [0.05, 0.1) is 42.6 Å². The molecular weight excluding hydrogens is 513 g/mol. The normalized spacial score (nSPS) is 15.1. The maximum Gasteiger partial charge on any atom is 0.223 e. The monoisotopic (exact) mass is 539 g/mol. The number of nitrogens with zero attached hydrogens (tertiary/aromatic N) is 3. The number of ether oxygens (including phenoxy) is 3. The van der Waals surface area contributed by atoms with Crippen LogP contribution in [0.2, 0.25) is 10.0 Å². The number of rotatable bonds is 9. The van der Waals surface area contributed by atoms with Gasteiger partial charge in [0.2, 0.25) is 5.95 Å². The van der Waals surface area contributed by atoms with Crippen molar-refractivity contribution in [2.24, 2.45) is 0 Å². The van der Waals surface area contributed by atoms with Gasteiger partial charge in [-0.05, 0) is 24.5 Å². The Labute approximate surface area is 225 Å². The van der Waals surface area contributed by atoms with Crippen molar-refractivity contribution in [2.45, 2.75) is 18.9 Å². The molecule has 3 heterocycles. The molecule has 0 radical (unpaired) electrons. The van der Waals surface area contributed by atoms with E-state index in [-0.39, 0.29) is 6.04 Å². The molecule has 1 aliphatic heterocycles. The van der Waals surface area contributed by atoms with Gasteiger partial charge in [-0.3, -0.25) is 0 Å². The third-order valence-corrected chi connectivity index (χ3v) is 6.96. The fourth-order valence-electron chi connectivity index (χ4n) is 4.27.